The molecule has 5 nitrogen and oxygen atoms in total. The number of nitrogens with zero attached hydrogens (tertiary/aromatic N) is 1. The van der Waals surface area contributed by atoms with Crippen LogP contribution >= 0.6 is 0 Å². The SMILES string of the molecule is O=C1CCc2cc(C(=O)N3CC4CCC(C3)O4)ccc2N1. The second-order valence-corrected chi connectivity index (χ2v) is 6.09. The average molecular weight is 286 g/mol. The lowest BCUT2D eigenvalue weighted by Crippen LogP contribution is -2.45. The fraction of sp³-hybridized carbons (Fsp3) is 0.500. The molecule has 21 heavy (non-hydrogen) atoms. The lowest BCUT2D eigenvalue weighted by molar-refractivity contribution is -0.116. The average Bonchev–Trinajstić information content (AvgIpc) is 2.84. The molecule has 2 bridgehead atoms. The quantitative estimate of drug-likeness (QED) is 0.852. The largest absolute Gasteiger partial charge is 0.371 e. The number of rotatable bonds is 1. The van der Waals surface area contributed by atoms with Gasteiger partial charge in [-0.3, -0.25) is 9.59 Å². The van der Waals surface area contributed by atoms with E-state index >= 15 is 0 Å². The summed E-state index contributed by atoms with van der Waals surface area (Å²) in [7, 11) is 0. The first kappa shape index (κ1) is 12.8. The Morgan fingerprint density at radius 2 is 1.95 bits per heavy atom. The second-order valence-electron chi connectivity index (χ2n) is 6.09. The number of likely N-dealkylation sites (tertiary alicyclic amines) is 1. The summed E-state index contributed by atoms with van der Waals surface area (Å²) in [6, 6.07) is 5.58. The van der Waals surface area contributed by atoms with Gasteiger partial charge in [-0.2, -0.15) is 0 Å². The van der Waals surface area contributed by atoms with Gasteiger partial charge in [0.05, 0.1) is 12.2 Å². The van der Waals surface area contributed by atoms with Gasteiger partial charge in [0, 0.05) is 30.8 Å². The highest BCUT2D eigenvalue weighted by Crippen LogP contribution is 2.28. The van der Waals surface area contributed by atoms with E-state index in [2.05, 4.69) is 5.32 Å². The van der Waals surface area contributed by atoms with E-state index in [0.29, 0.717) is 31.5 Å². The topological polar surface area (TPSA) is 58.6 Å². The Morgan fingerprint density at radius 1 is 1.19 bits per heavy atom. The van der Waals surface area contributed by atoms with Crippen LogP contribution in [0.25, 0.3) is 0 Å². The van der Waals surface area contributed by atoms with Crippen molar-refractivity contribution in [3.05, 3.63) is 29.3 Å². The van der Waals surface area contributed by atoms with Crippen LogP contribution in [0.3, 0.4) is 0 Å². The van der Waals surface area contributed by atoms with Crippen molar-refractivity contribution in [1.82, 2.24) is 4.90 Å². The number of ether oxygens (including phenoxy) is 1. The van der Waals surface area contributed by atoms with Gasteiger partial charge >= 0.3 is 0 Å². The zero-order chi connectivity index (χ0) is 14.4. The predicted molar refractivity (Wildman–Crippen MR) is 77.2 cm³/mol. The summed E-state index contributed by atoms with van der Waals surface area (Å²) in [4.78, 5) is 25.9. The highest BCUT2D eigenvalue weighted by Gasteiger charge is 2.36. The molecule has 0 radical (unpaired) electrons. The van der Waals surface area contributed by atoms with Crippen LogP contribution in [-0.2, 0) is 16.0 Å². The Bertz CT molecular complexity index is 602. The fourth-order valence-corrected chi connectivity index (χ4v) is 3.48. The molecule has 2 amide bonds. The standard InChI is InChI=1S/C16H18N2O3/c19-15-6-2-10-7-11(1-5-14(10)17-15)16(20)18-8-12-3-4-13(9-18)21-12/h1,5,7,12-13H,2-4,6,8-9H2,(H,17,19). The molecule has 3 heterocycles. The third-order valence-electron chi connectivity index (χ3n) is 4.58. The third-order valence-corrected chi connectivity index (χ3v) is 4.58. The van der Waals surface area contributed by atoms with Crippen molar-refractivity contribution in [2.75, 3.05) is 18.4 Å². The lowest BCUT2D eigenvalue weighted by atomic mass is 10.00. The van der Waals surface area contributed by atoms with Crippen molar-refractivity contribution >= 4 is 17.5 Å². The van der Waals surface area contributed by atoms with Crippen LogP contribution in [0.1, 0.15) is 35.2 Å². The molecule has 0 aromatic heterocycles. The number of nitrogens with one attached hydrogen (secondary N) is 1. The zero-order valence-electron chi connectivity index (χ0n) is 11.8. The molecule has 3 aliphatic rings. The first-order chi connectivity index (χ1) is 10.2. The van der Waals surface area contributed by atoms with E-state index in [-0.39, 0.29) is 24.0 Å². The smallest absolute Gasteiger partial charge is 0.254 e. The van der Waals surface area contributed by atoms with E-state index in [9.17, 15) is 9.59 Å². The van der Waals surface area contributed by atoms with Crippen molar-refractivity contribution in [2.45, 2.75) is 37.9 Å². The Labute approximate surface area is 123 Å². The van der Waals surface area contributed by atoms with Crippen molar-refractivity contribution in [3.63, 3.8) is 0 Å². The van der Waals surface area contributed by atoms with Crippen molar-refractivity contribution in [3.8, 4) is 0 Å². The highest BCUT2D eigenvalue weighted by molar-refractivity contribution is 5.98. The normalized spacial score (nSPS) is 27.2. The van der Waals surface area contributed by atoms with E-state index in [0.717, 1.165) is 24.1 Å². The molecule has 5 heteroatoms. The van der Waals surface area contributed by atoms with Crippen molar-refractivity contribution in [2.24, 2.45) is 0 Å². The maximum absolute atomic E-state index is 12.7. The lowest BCUT2D eigenvalue weighted by Gasteiger charge is -2.32. The van der Waals surface area contributed by atoms with Crippen LogP contribution in [0.5, 0.6) is 0 Å². The molecule has 2 saturated heterocycles. The molecule has 2 fully saturated rings. The van der Waals surface area contributed by atoms with Crippen LogP contribution in [0.2, 0.25) is 0 Å². The molecule has 2 atom stereocenters. The Kier molecular flexibility index (Phi) is 2.96. The molecule has 3 aliphatic heterocycles. The maximum atomic E-state index is 12.7. The molecule has 1 aromatic carbocycles. The molecular formula is C16H18N2O3. The van der Waals surface area contributed by atoms with E-state index in [4.69, 9.17) is 4.74 Å². The summed E-state index contributed by atoms with van der Waals surface area (Å²) < 4.78 is 5.77. The summed E-state index contributed by atoms with van der Waals surface area (Å²) in [6.45, 7) is 1.40. The number of aryl methyl sites for hydroxylation is 1. The van der Waals surface area contributed by atoms with E-state index < -0.39 is 0 Å². The Morgan fingerprint density at radius 3 is 2.71 bits per heavy atom. The van der Waals surface area contributed by atoms with Crippen LogP contribution < -0.4 is 5.32 Å². The molecule has 0 aliphatic carbocycles. The van der Waals surface area contributed by atoms with Crippen LogP contribution in [0.15, 0.2) is 18.2 Å². The molecule has 1 aromatic rings. The van der Waals surface area contributed by atoms with Gasteiger partial charge < -0.3 is 15.0 Å². The van der Waals surface area contributed by atoms with Gasteiger partial charge in [-0.05, 0) is 43.0 Å². The minimum Gasteiger partial charge on any atom is -0.371 e. The first-order valence-electron chi connectivity index (χ1n) is 7.56. The number of carbonyl (C=O) groups excluding carboxylic acids is 2. The predicted octanol–water partition coefficient (Wildman–Crippen LogP) is 1.57. The van der Waals surface area contributed by atoms with Crippen LogP contribution in [0, 0.1) is 0 Å². The Hall–Kier alpha value is -1.88. The van der Waals surface area contributed by atoms with E-state index in [1.807, 2.05) is 23.1 Å². The van der Waals surface area contributed by atoms with E-state index in [1.165, 1.54) is 0 Å². The molecular weight excluding hydrogens is 268 g/mol. The number of hydrogen-bond donors (Lipinski definition) is 1. The minimum absolute atomic E-state index is 0.0475. The summed E-state index contributed by atoms with van der Waals surface area (Å²) in [5.74, 6) is 0.126. The van der Waals surface area contributed by atoms with Gasteiger partial charge in [0.25, 0.3) is 5.91 Å². The van der Waals surface area contributed by atoms with E-state index in [1.54, 1.807) is 0 Å². The van der Waals surface area contributed by atoms with Gasteiger partial charge in [0.1, 0.15) is 0 Å². The molecule has 2 unspecified atom stereocenters. The van der Waals surface area contributed by atoms with Gasteiger partial charge in [-0.25, -0.2) is 0 Å². The van der Waals surface area contributed by atoms with Crippen LogP contribution in [0.4, 0.5) is 5.69 Å². The number of amides is 2. The van der Waals surface area contributed by atoms with Crippen molar-refractivity contribution in [1.29, 1.82) is 0 Å². The Balaban J connectivity index is 1.56. The molecule has 4 rings (SSSR count). The number of anilines is 1. The molecule has 0 saturated carbocycles. The highest BCUT2D eigenvalue weighted by atomic mass is 16.5. The third kappa shape index (κ3) is 2.31. The fourth-order valence-electron chi connectivity index (χ4n) is 3.48. The van der Waals surface area contributed by atoms with Gasteiger partial charge in [0.2, 0.25) is 5.91 Å². The summed E-state index contributed by atoms with van der Waals surface area (Å²) in [5.41, 5.74) is 2.60. The van der Waals surface area contributed by atoms with Gasteiger partial charge in [-0.15, -0.1) is 0 Å². The van der Waals surface area contributed by atoms with Gasteiger partial charge in [0.15, 0.2) is 0 Å². The summed E-state index contributed by atoms with van der Waals surface area (Å²) >= 11 is 0. The second kappa shape index (κ2) is 4.84. The maximum Gasteiger partial charge on any atom is 0.254 e. The molecule has 110 valence electrons. The van der Waals surface area contributed by atoms with Crippen LogP contribution in [-0.4, -0.2) is 42.0 Å². The number of hydrogen-bond acceptors (Lipinski definition) is 3. The van der Waals surface area contributed by atoms with Crippen molar-refractivity contribution < 1.29 is 14.3 Å². The summed E-state index contributed by atoms with van der Waals surface area (Å²) in [5, 5.41) is 2.85. The number of fused-ring (bicyclic) bond motifs is 3. The first-order valence-corrected chi connectivity index (χ1v) is 7.56. The monoisotopic (exact) mass is 286 g/mol. The number of benzene rings is 1. The minimum atomic E-state index is 0.0475. The molecule has 1 N–H and O–H groups in total. The number of morpholine rings is 1. The van der Waals surface area contributed by atoms with Gasteiger partial charge in [-0.1, -0.05) is 0 Å². The zero-order valence-corrected chi connectivity index (χ0v) is 11.8. The number of carbonyl (C=O) groups is 2. The summed E-state index contributed by atoms with van der Waals surface area (Å²) in [6.07, 6.45) is 3.74. The molecule has 0 spiro atoms.